The van der Waals surface area contributed by atoms with Crippen molar-refractivity contribution in [1.29, 1.82) is 0 Å². The van der Waals surface area contributed by atoms with E-state index in [1.807, 2.05) is 24.2 Å². The van der Waals surface area contributed by atoms with Crippen molar-refractivity contribution in [2.45, 2.75) is 58.2 Å². The Labute approximate surface area is 139 Å². The van der Waals surface area contributed by atoms with Gasteiger partial charge in [0.25, 0.3) is 0 Å². The summed E-state index contributed by atoms with van der Waals surface area (Å²) in [6.07, 6.45) is 5.33. The summed E-state index contributed by atoms with van der Waals surface area (Å²) >= 11 is 0. The highest BCUT2D eigenvalue weighted by atomic mass is 16.6. The zero-order valence-electron chi connectivity index (χ0n) is 15.0. The number of ether oxygens (including phenoxy) is 2. The van der Waals surface area contributed by atoms with E-state index < -0.39 is 0 Å². The molecule has 2 atom stereocenters. The van der Waals surface area contributed by atoms with Crippen molar-refractivity contribution in [3.8, 4) is 0 Å². The number of nitrogens with zero attached hydrogens (tertiary/aromatic N) is 2. The van der Waals surface area contributed by atoms with Gasteiger partial charge in [-0.2, -0.15) is 0 Å². The fourth-order valence-electron chi connectivity index (χ4n) is 3.52. The highest BCUT2D eigenvalue weighted by Crippen LogP contribution is 2.37. The van der Waals surface area contributed by atoms with Gasteiger partial charge in [-0.05, 0) is 44.7 Å². The number of rotatable bonds is 6. The zero-order chi connectivity index (χ0) is 17.0. The van der Waals surface area contributed by atoms with Crippen LogP contribution in [0.25, 0.3) is 0 Å². The summed E-state index contributed by atoms with van der Waals surface area (Å²) in [4.78, 5) is 14.3. The van der Waals surface area contributed by atoms with Crippen LogP contribution in [0.2, 0.25) is 0 Å². The standard InChI is InChI=1S/C18H30N2O3/c1-6-14(7-2)16-20(17(21)22-5)18(3,13-23-16)11-10-15-9-8-12-19(15)4/h8-9,12,14,16H,6-7,10-11,13H2,1-5H3/t16-,18-/m1/s1. The molecule has 1 saturated heterocycles. The molecule has 1 amide bonds. The maximum Gasteiger partial charge on any atom is 0.412 e. The van der Waals surface area contributed by atoms with Gasteiger partial charge in [-0.3, -0.25) is 4.90 Å². The Morgan fingerprint density at radius 2 is 2.17 bits per heavy atom. The number of hydrogen-bond acceptors (Lipinski definition) is 3. The van der Waals surface area contributed by atoms with Crippen LogP contribution in [0.15, 0.2) is 18.3 Å². The summed E-state index contributed by atoms with van der Waals surface area (Å²) < 4.78 is 13.3. The maximum atomic E-state index is 12.4. The van der Waals surface area contributed by atoms with E-state index in [1.54, 1.807) is 0 Å². The van der Waals surface area contributed by atoms with Gasteiger partial charge in [-0.15, -0.1) is 0 Å². The smallest absolute Gasteiger partial charge is 0.412 e. The third-order valence-corrected chi connectivity index (χ3v) is 5.20. The number of methoxy groups -OCH3 is 1. The van der Waals surface area contributed by atoms with Gasteiger partial charge in [0.15, 0.2) is 0 Å². The molecule has 1 aliphatic rings. The van der Waals surface area contributed by atoms with E-state index in [4.69, 9.17) is 9.47 Å². The van der Waals surface area contributed by atoms with Crippen LogP contribution in [0.5, 0.6) is 0 Å². The van der Waals surface area contributed by atoms with Gasteiger partial charge in [0, 0.05) is 24.9 Å². The van der Waals surface area contributed by atoms with E-state index in [-0.39, 0.29) is 17.9 Å². The first-order chi connectivity index (χ1) is 11.0. The molecule has 2 rings (SSSR count). The summed E-state index contributed by atoms with van der Waals surface area (Å²) in [6.45, 7) is 6.96. The second kappa shape index (κ2) is 7.39. The molecule has 0 bridgehead atoms. The molecule has 0 aliphatic carbocycles. The van der Waals surface area contributed by atoms with Crippen molar-refractivity contribution in [2.75, 3.05) is 13.7 Å². The molecule has 23 heavy (non-hydrogen) atoms. The van der Waals surface area contributed by atoms with Crippen molar-refractivity contribution >= 4 is 6.09 Å². The van der Waals surface area contributed by atoms with E-state index in [2.05, 4.69) is 31.4 Å². The molecule has 1 aromatic heterocycles. The quantitative estimate of drug-likeness (QED) is 0.804. The summed E-state index contributed by atoms with van der Waals surface area (Å²) in [5.74, 6) is 0.339. The summed E-state index contributed by atoms with van der Waals surface area (Å²) in [5, 5.41) is 0. The fourth-order valence-corrected chi connectivity index (χ4v) is 3.52. The van der Waals surface area contributed by atoms with Gasteiger partial charge >= 0.3 is 6.09 Å². The summed E-state index contributed by atoms with van der Waals surface area (Å²) in [6, 6.07) is 4.17. The minimum Gasteiger partial charge on any atom is -0.453 e. The molecule has 1 aliphatic heterocycles. The van der Waals surface area contributed by atoms with E-state index in [0.717, 1.165) is 25.7 Å². The Morgan fingerprint density at radius 1 is 1.48 bits per heavy atom. The molecule has 1 aromatic rings. The molecule has 0 saturated carbocycles. The van der Waals surface area contributed by atoms with Crippen molar-refractivity contribution in [2.24, 2.45) is 13.0 Å². The van der Waals surface area contributed by atoms with Gasteiger partial charge in [-0.1, -0.05) is 13.8 Å². The molecule has 130 valence electrons. The van der Waals surface area contributed by atoms with Crippen LogP contribution in [-0.4, -0.2) is 41.0 Å². The van der Waals surface area contributed by atoms with Crippen LogP contribution in [0.4, 0.5) is 4.79 Å². The Hall–Kier alpha value is -1.49. The van der Waals surface area contributed by atoms with Crippen LogP contribution in [0.3, 0.4) is 0 Å². The molecule has 5 heteroatoms. The summed E-state index contributed by atoms with van der Waals surface area (Å²) in [5.41, 5.74) is 0.937. The highest BCUT2D eigenvalue weighted by Gasteiger charge is 2.49. The second-order valence-corrected chi connectivity index (χ2v) is 6.73. The Balaban J connectivity index is 2.17. The van der Waals surface area contributed by atoms with Crippen LogP contribution in [0, 0.1) is 5.92 Å². The normalized spacial score (nSPS) is 24.4. The SMILES string of the molecule is CCC(CC)[C@H]1OC[C@@](C)(CCc2cccn2C)N1C(=O)OC. The lowest BCUT2D eigenvalue weighted by atomic mass is 9.92. The zero-order valence-corrected chi connectivity index (χ0v) is 15.0. The Kier molecular flexibility index (Phi) is 5.74. The molecule has 0 aromatic carbocycles. The van der Waals surface area contributed by atoms with Gasteiger partial charge in [0.05, 0.1) is 19.3 Å². The predicted molar refractivity (Wildman–Crippen MR) is 90.2 cm³/mol. The van der Waals surface area contributed by atoms with Crippen LogP contribution in [0.1, 0.15) is 45.7 Å². The van der Waals surface area contributed by atoms with E-state index >= 15 is 0 Å². The number of aryl methyl sites for hydroxylation is 2. The molecular formula is C18H30N2O3. The van der Waals surface area contributed by atoms with E-state index in [0.29, 0.717) is 12.5 Å². The molecule has 0 spiro atoms. The van der Waals surface area contributed by atoms with Crippen LogP contribution < -0.4 is 0 Å². The van der Waals surface area contributed by atoms with Gasteiger partial charge in [0.1, 0.15) is 6.23 Å². The molecule has 5 nitrogen and oxygen atoms in total. The first-order valence-corrected chi connectivity index (χ1v) is 8.56. The average Bonchev–Trinajstić information content (AvgIpc) is 3.10. The fraction of sp³-hybridized carbons (Fsp3) is 0.722. The number of hydrogen-bond donors (Lipinski definition) is 0. The molecule has 2 heterocycles. The minimum atomic E-state index is -0.329. The maximum absolute atomic E-state index is 12.4. The third-order valence-electron chi connectivity index (χ3n) is 5.20. The molecule has 0 radical (unpaired) electrons. The van der Waals surface area contributed by atoms with Crippen molar-refractivity contribution in [3.63, 3.8) is 0 Å². The average molecular weight is 322 g/mol. The third kappa shape index (κ3) is 3.55. The molecule has 1 fully saturated rings. The first kappa shape index (κ1) is 17.9. The molecular weight excluding hydrogens is 292 g/mol. The highest BCUT2D eigenvalue weighted by molar-refractivity contribution is 5.69. The molecule has 0 unspecified atom stereocenters. The Bertz CT molecular complexity index is 524. The Morgan fingerprint density at radius 3 is 2.70 bits per heavy atom. The topological polar surface area (TPSA) is 43.7 Å². The number of amides is 1. The predicted octanol–water partition coefficient (Wildman–Crippen LogP) is 3.58. The van der Waals surface area contributed by atoms with E-state index in [9.17, 15) is 4.79 Å². The number of carbonyl (C=O) groups is 1. The minimum absolute atomic E-state index is 0.184. The first-order valence-electron chi connectivity index (χ1n) is 8.56. The van der Waals surface area contributed by atoms with Gasteiger partial charge < -0.3 is 14.0 Å². The largest absolute Gasteiger partial charge is 0.453 e. The van der Waals surface area contributed by atoms with Crippen molar-refractivity contribution in [1.82, 2.24) is 9.47 Å². The van der Waals surface area contributed by atoms with Crippen LogP contribution in [-0.2, 0) is 22.9 Å². The lowest BCUT2D eigenvalue weighted by Gasteiger charge is -2.37. The van der Waals surface area contributed by atoms with Crippen molar-refractivity contribution in [3.05, 3.63) is 24.0 Å². The lowest BCUT2D eigenvalue weighted by molar-refractivity contribution is -0.0199. The van der Waals surface area contributed by atoms with E-state index in [1.165, 1.54) is 12.8 Å². The van der Waals surface area contributed by atoms with Gasteiger partial charge in [-0.25, -0.2) is 4.79 Å². The number of aromatic nitrogens is 1. The molecule has 0 N–H and O–H groups in total. The van der Waals surface area contributed by atoms with Gasteiger partial charge in [0.2, 0.25) is 0 Å². The monoisotopic (exact) mass is 322 g/mol. The second-order valence-electron chi connectivity index (χ2n) is 6.73. The van der Waals surface area contributed by atoms with Crippen molar-refractivity contribution < 1.29 is 14.3 Å². The lowest BCUT2D eigenvalue weighted by Crippen LogP contribution is -2.52. The van der Waals surface area contributed by atoms with Crippen LogP contribution >= 0.6 is 0 Å². The number of carbonyl (C=O) groups excluding carboxylic acids is 1. The summed E-state index contributed by atoms with van der Waals surface area (Å²) in [7, 11) is 3.50.